The largest absolute Gasteiger partial charge is 0.480 e. The first-order valence-corrected chi connectivity index (χ1v) is 5.83. The molecule has 0 bridgehead atoms. The Bertz CT molecular complexity index is 602. The van der Waals surface area contributed by atoms with Crippen LogP contribution in [0.4, 0.5) is 4.39 Å². The summed E-state index contributed by atoms with van der Waals surface area (Å²) in [6, 6.07) is 7.20. The molecule has 0 aliphatic carbocycles. The van der Waals surface area contributed by atoms with E-state index in [0.29, 0.717) is 5.88 Å². The molecule has 6 heteroatoms. The van der Waals surface area contributed by atoms with Gasteiger partial charge in [0.2, 0.25) is 5.88 Å². The van der Waals surface area contributed by atoms with E-state index in [2.05, 4.69) is 10.2 Å². The van der Waals surface area contributed by atoms with Crippen LogP contribution < -0.4 is 4.74 Å². The van der Waals surface area contributed by atoms with Gasteiger partial charge in [0.25, 0.3) is 0 Å². The number of nitrogens with zero attached hydrogens (tertiary/aromatic N) is 2. The summed E-state index contributed by atoms with van der Waals surface area (Å²) in [4.78, 5) is 11.9. The Kier molecular flexibility index (Phi) is 4.06. The zero-order valence-corrected chi connectivity index (χ0v) is 10.8. The standard InChI is InChI=1S/C13H10ClFN2O2/c1-19-13-5-4-11(16-17-13)12(18)6-8-2-3-9(14)7-10(8)15/h2-5,7H,6H2,1H3. The zero-order chi connectivity index (χ0) is 13.8. The topological polar surface area (TPSA) is 52.1 Å². The van der Waals surface area contributed by atoms with Gasteiger partial charge in [-0.3, -0.25) is 4.79 Å². The molecule has 1 heterocycles. The van der Waals surface area contributed by atoms with E-state index in [9.17, 15) is 9.18 Å². The first-order valence-electron chi connectivity index (χ1n) is 5.45. The highest BCUT2D eigenvalue weighted by molar-refractivity contribution is 6.30. The lowest BCUT2D eigenvalue weighted by Crippen LogP contribution is -2.08. The third-order valence-electron chi connectivity index (χ3n) is 2.50. The Morgan fingerprint density at radius 1 is 1.32 bits per heavy atom. The third kappa shape index (κ3) is 3.26. The van der Waals surface area contributed by atoms with Crippen LogP contribution in [0.1, 0.15) is 16.1 Å². The predicted molar refractivity (Wildman–Crippen MR) is 68.0 cm³/mol. The molecule has 2 aromatic rings. The lowest BCUT2D eigenvalue weighted by Gasteiger charge is -2.03. The van der Waals surface area contributed by atoms with Crippen LogP contribution in [0.25, 0.3) is 0 Å². The van der Waals surface area contributed by atoms with Crippen molar-refractivity contribution in [3.8, 4) is 5.88 Å². The SMILES string of the molecule is COc1ccc(C(=O)Cc2ccc(Cl)cc2F)nn1. The fraction of sp³-hybridized carbons (Fsp3) is 0.154. The summed E-state index contributed by atoms with van der Waals surface area (Å²) in [6.45, 7) is 0. The summed E-state index contributed by atoms with van der Waals surface area (Å²) in [5, 5.41) is 7.70. The number of hydrogen-bond donors (Lipinski definition) is 0. The maximum absolute atomic E-state index is 13.6. The van der Waals surface area contributed by atoms with Gasteiger partial charge in [0.05, 0.1) is 7.11 Å². The van der Waals surface area contributed by atoms with Crippen LogP contribution >= 0.6 is 11.6 Å². The van der Waals surface area contributed by atoms with Crippen molar-refractivity contribution in [3.63, 3.8) is 0 Å². The first-order chi connectivity index (χ1) is 9.10. The molecule has 0 N–H and O–H groups in total. The van der Waals surface area contributed by atoms with Gasteiger partial charge in [0.1, 0.15) is 11.5 Å². The molecule has 0 aliphatic rings. The number of rotatable bonds is 4. The molecule has 0 amide bonds. The number of Topliss-reactive ketones (excluding diaryl/α,β-unsaturated/α-hetero) is 1. The van der Waals surface area contributed by atoms with Crippen molar-refractivity contribution in [2.24, 2.45) is 0 Å². The Morgan fingerprint density at radius 2 is 2.11 bits per heavy atom. The molecule has 1 aromatic carbocycles. The summed E-state index contributed by atoms with van der Waals surface area (Å²) in [7, 11) is 1.45. The Labute approximate surface area is 114 Å². The van der Waals surface area contributed by atoms with Crippen LogP contribution in [0.15, 0.2) is 30.3 Å². The van der Waals surface area contributed by atoms with Crippen LogP contribution in [0.5, 0.6) is 5.88 Å². The van der Waals surface area contributed by atoms with Gasteiger partial charge in [-0.25, -0.2) is 4.39 Å². The number of halogens is 2. The quantitative estimate of drug-likeness (QED) is 0.808. The Morgan fingerprint density at radius 3 is 2.68 bits per heavy atom. The zero-order valence-electron chi connectivity index (χ0n) is 10.1. The highest BCUT2D eigenvalue weighted by Gasteiger charge is 2.12. The Balaban J connectivity index is 2.15. The van der Waals surface area contributed by atoms with Crippen LogP contribution in [0, 0.1) is 5.82 Å². The van der Waals surface area contributed by atoms with E-state index in [1.165, 1.54) is 37.4 Å². The monoisotopic (exact) mass is 280 g/mol. The van der Waals surface area contributed by atoms with E-state index in [1.807, 2.05) is 0 Å². The van der Waals surface area contributed by atoms with Crippen molar-refractivity contribution in [2.75, 3.05) is 7.11 Å². The number of benzene rings is 1. The highest BCUT2D eigenvalue weighted by atomic mass is 35.5. The van der Waals surface area contributed by atoms with Crippen molar-refractivity contribution in [1.29, 1.82) is 0 Å². The normalized spacial score (nSPS) is 10.3. The summed E-state index contributed by atoms with van der Waals surface area (Å²) in [5.41, 5.74) is 0.433. The molecule has 0 aliphatic heterocycles. The van der Waals surface area contributed by atoms with E-state index >= 15 is 0 Å². The maximum Gasteiger partial charge on any atom is 0.233 e. The molecule has 19 heavy (non-hydrogen) atoms. The molecule has 0 fully saturated rings. The lowest BCUT2D eigenvalue weighted by atomic mass is 10.1. The number of carbonyl (C=O) groups excluding carboxylic acids is 1. The van der Waals surface area contributed by atoms with Gasteiger partial charge in [-0.2, -0.15) is 0 Å². The van der Waals surface area contributed by atoms with Crippen LogP contribution in [0.3, 0.4) is 0 Å². The van der Waals surface area contributed by atoms with Gasteiger partial charge in [0, 0.05) is 17.5 Å². The summed E-state index contributed by atoms with van der Waals surface area (Å²) < 4.78 is 18.4. The number of carbonyl (C=O) groups is 1. The molecule has 0 unspecified atom stereocenters. The third-order valence-corrected chi connectivity index (χ3v) is 2.74. The van der Waals surface area contributed by atoms with E-state index in [1.54, 1.807) is 0 Å². The molecule has 1 aromatic heterocycles. The molecule has 98 valence electrons. The minimum absolute atomic E-state index is 0.0932. The van der Waals surface area contributed by atoms with Gasteiger partial charge in [0.15, 0.2) is 5.78 Å². The van der Waals surface area contributed by atoms with Crippen LogP contribution in [-0.2, 0) is 6.42 Å². The van der Waals surface area contributed by atoms with Gasteiger partial charge in [-0.1, -0.05) is 17.7 Å². The van der Waals surface area contributed by atoms with Crippen molar-refractivity contribution in [1.82, 2.24) is 10.2 Å². The fourth-order valence-corrected chi connectivity index (χ4v) is 1.66. The van der Waals surface area contributed by atoms with Crippen molar-refractivity contribution in [2.45, 2.75) is 6.42 Å². The molecular formula is C13H10ClFN2O2. The highest BCUT2D eigenvalue weighted by Crippen LogP contribution is 2.16. The minimum atomic E-state index is -0.512. The second-order valence-electron chi connectivity index (χ2n) is 3.80. The average Bonchev–Trinajstić information content (AvgIpc) is 2.42. The number of ketones is 1. The lowest BCUT2D eigenvalue weighted by molar-refractivity contribution is 0.0986. The molecule has 0 saturated heterocycles. The van der Waals surface area contributed by atoms with E-state index in [-0.39, 0.29) is 28.5 Å². The molecular weight excluding hydrogens is 271 g/mol. The van der Waals surface area contributed by atoms with E-state index < -0.39 is 5.82 Å². The molecule has 4 nitrogen and oxygen atoms in total. The number of methoxy groups -OCH3 is 1. The molecule has 0 radical (unpaired) electrons. The number of aromatic nitrogens is 2. The number of hydrogen-bond acceptors (Lipinski definition) is 4. The maximum atomic E-state index is 13.6. The van der Waals surface area contributed by atoms with Crippen LogP contribution in [0.2, 0.25) is 5.02 Å². The van der Waals surface area contributed by atoms with Crippen molar-refractivity contribution >= 4 is 17.4 Å². The Hall–Kier alpha value is -2.01. The van der Waals surface area contributed by atoms with Crippen molar-refractivity contribution < 1.29 is 13.9 Å². The second-order valence-corrected chi connectivity index (χ2v) is 4.23. The van der Waals surface area contributed by atoms with E-state index in [0.717, 1.165) is 0 Å². The second kappa shape index (κ2) is 5.75. The molecule has 0 saturated carbocycles. The summed E-state index contributed by atoms with van der Waals surface area (Å²) >= 11 is 5.64. The minimum Gasteiger partial charge on any atom is -0.480 e. The average molecular weight is 281 g/mol. The van der Waals surface area contributed by atoms with E-state index in [4.69, 9.17) is 16.3 Å². The van der Waals surface area contributed by atoms with Gasteiger partial charge in [-0.05, 0) is 23.8 Å². The van der Waals surface area contributed by atoms with Gasteiger partial charge < -0.3 is 4.74 Å². The fourth-order valence-electron chi connectivity index (χ4n) is 1.51. The molecule has 2 rings (SSSR count). The first kappa shape index (κ1) is 13.4. The molecule has 0 spiro atoms. The summed E-state index contributed by atoms with van der Waals surface area (Å²) in [6.07, 6.45) is -0.0932. The van der Waals surface area contributed by atoms with Crippen molar-refractivity contribution in [3.05, 3.63) is 52.4 Å². The molecule has 0 atom stereocenters. The smallest absolute Gasteiger partial charge is 0.233 e. The van der Waals surface area contributed by atoms with Crippen LogP contribution in [-0.4, -0.2) is 23.1 Å². The predicted octanol–water partition coefficient (Wildman–Crippen LogP) is 2.70. The van der Waals surface area contributed by atoms with Gasteiger partial charge >= 0.3 is 0 Å². The van der Waals surface area contributed by atoms with Gasteiger partial charge in [-0.15, -0.1) is 10.2 Å². The number of ether oxygens (including phenoxy) is 1. The summed E-state index contributed by atoms with van der Waals surface area (Å²) in [5.74, 6) is -0.520.